The summed E-state index contributed by atoms with van der Waals surface area (Å²) in [6, 6.07) is 0.313. The van der Waals surface area contributed by atoms with E-state index < -0.39 is 0 Å². The molecule has 1 heterocycles. The van der Waals surface area contributed by atoms with Crippen molar-refractivity contribution in [2.24, 2.45) is 5.73 Å². The quantitative estimate of drug-likeness (QED) is 0.709. The second kappa shape index (κ2) is 4.94. The summed E-state index contributed by atoms with van der Waals surface area (Å²) in [5.74, 6) is 0. The monoisotopic (exact) mass is 186 g/mol. The van der Waals surface area contributed by atoms with Gasteiger partial charge in [0.1, 0.15) is 0 Å². The van der Waals surface area contributed by atoms with Crippen LogP contribution in [0.5, 0.6) is 0 Å². The summed E-state index contributed by atoms with van der Waals surface area (Å²) < 4.78 is 5.65. The van der Waals surface area contributed by atoms with Gasteiger partial charge in [-0.3, -0.25) is 4.90 Å². The van der Waals surface area contributed by atoms with Gasteiger partial charge in [-0.1, -0.05) is 0 Å². The second-order valence-corrected chi connectivity index (χ2v) is 4.28. The molecule has 0 radical (unpaired) electrons. The fourth-order valence-electron chi connectivity index (χ4n) is 1.85. The topological polar surface area (TPSA) is 38.5 Å². The highest BCUT2D eigenvalue weighted by molar-refractivity contribution is 4.73. The molecular formula is C10H22N2O. The van der Waals surface area contributed by atoms with E-state index in [1.165, 1.54) is 0 Å². The van der Waals surface area contributed by atoms with E-state index >= 15 is 0 Å². The summed E-state index contributed by atoms with van der Waals surface area (Å²) in [5, 5.41) is 0. The zero-order chi connectivity index (χ0) is 9.84. The van der Waals surface area contributed by atoms with Gasteiger partial charge in [0.05, 0.1) is 12.2 Å². The maximum atomic E-state index is 5.72. The maximum Gasteiger partial charge on any atom is 0.0678 e. The number of hydrogen-bond donors (Lipinski definition) is 1. The predicted octanol–water partition coefficient (Wildman–Crippen LogP) is 0.833. The van der Waals surface area contributed by atoms with Crippen molar-refractivity contribution in [3.8, 4) is 0 Å². The van der Waals surface area contributed by atoms with Crippen molar-refractivity contribution in [2.75, 3.05) is 19.6 Å². The first-order valence-corrected chi connectivity index (χ1v) is 5.21. The molecule has 1 rings (SSSR count). The molecule has 1 aliphatic heterocycles. The van der Waals surface area contributed by atoms with E-state index in [-0.39, 0.29) is 0 Å². The van der Waals surface area contributed by atoms with Crippen LogP contribution < -0.4 is 5.73 Å². The molecule has 0 amide bonds. The molecular weight excluding hydrogens is 164 g/mol. The average molecular weight is 186 g/mol. The Morgan fingerprint density at radius 3 is 2.38 bits per heavy atom. The van der Waals surface area contributed by atoms with Gasteiger partial charge in [0, 0.05) is 19.1 Å². The smallest absolute Gasteiger partial charge is 0.0678 e. The summed E-state index contributed by atoms with van der Waals surface area (Å²) in [4.78, 5) is 2.45. The summed E-state index contributed by atoms with van der Waals surface area (Å²) in [7, 11) is 0. The van der Waals surface area contributed by atoms with Crippen LogP contribution in [0.4, 0.5) is 0 Å². The lowest BCUT2D eigenvalue weighted by atomic mass is 10.2. The molecule has 1 fully saturated rings. The molecule has 0 aromatic heterocycles. The van der Waals surface area contributed by atoms with Crippen LogP contribution in [-0.2, 0) is 4.74 Å². The molecule has 0 bridgehead atoms. The molecule has 0 unspecified atom stereocenters. The Labute approximate surface area is 81.2 Å². The van der Waals surface area contributed by atoms with Crippen LogP contribution in [0, 0.1) is 0 Å². The molecule has 3 atom stereocenters. The highest BCUT2D eigenvalue weighted by atomic mass is 16.5. The summed E-state index contributed by atoms with van der Waals surface area (Å²) >= 11 is 0. The highest BCUT2D eigenvalue weighted by Gasteiger charge is 2.21. The zero-order valence-corrected chi connectivity index (χ0v) is 8.99. The van der Waals surface area contributed by atoms with E-state index in [1.807, 2.05) is 0 Å². The normalized spacial score (nSPS) is 33.2. The minimum atomic E-state index is 0.313. The summed E-state index contributed by atoms with van der Waals surface area (Å²) in [6.07, 6.45) is 1.83. The Hall–Kier alpha value is -0.120. The first kappa shape index (κ1) is 11.0. The van der Waals surface area contributed by atoms with E-state index in [4.69, 9.17) is 10.5 Å². The number of nitrogens with zero attached hydrogens (tertiary/aromatic N) is 1. The predicted molar refractivity (Wildman–Crippen MR) is 54.7 cm³/mol. The van der Waals surface area contributed by atoms with Gasteiger partial charge in [-0.05, 0) is 33.7 Å². The molecule has 0 spiro atoms. The van der Waals surface area contributed by atoms with Gasteiger partial charge < -0.3 is 10.5 Å². The Morgan fingerprint density at radius 2 is 1.92 bits per heavy atom. The van der Waals surface area contributed by atoms with E-state index in [0.29, 0.717) is 18.2 Å². The van der Waals surface area contributed by atoms with Crippen LogP contribution in [0.1, 0.15) is 27.2 Å². The van der Waals surface area contributed by atoms with E-state index in [1.54, 1.807) is 0 Å². The van der Waals surface area contributed by atoms with Gasteiger partial charge >= 0.3 is 0 Å². The third-order valence-electron chi connectivity index (χ3n) is 2.40. The first-order valence-electron chi connectivity index (χ1n) is 5.21. The third-order valence-corrected chi connectivity index (χ3v) is 2.40. The number of morpholine rings is 1. The van der Waals surface area contributed by atoms with Crippen molar-refractivity contribution in [1.82, 2.24) is 4.90 Å². The van der Waals surface area contributed by atoms with Crippen LogP contribution >= 0.6 is 0 Å². The maximum absolute atomic E-state index is 5.72. The lowest BCUT2D eigenvalue weighted by Crippen LogP contribution is -2.46. The highest BCUT2D eigenvalue weighted by Crippen LogP contribution is 2.10. The lowest BCUT2D eigenvalue weighted by molar-refractivity contribution is -0.0683. The molecule has 0 aliphatic carbocycles. The van der Waals surface area contributed by atoms with E-state index in [2.05, 4.69) is 25.7 Å². The van der Waals surface area contributed by atoms with Crippen molar-refractivity contribution in [2.45, 2.75) is 45.4 Å². The van der Waals surface area contributed by atoms with Crippen molar-refractivity contribution < 1.29 is 4.74 Å². The molecule has 0 aromatic rings. The third kappa shape index (κ3) is 4.07. The average Bonchev–Trinajstić information content (AvgIpc) is 1.99. The second-order valence-electron chi connectivity index (χ2n) is 4.28. The van der Waals surface area contributed by atoms with Crippen LogP contribution in [0.25, 0.3) is 0 Å². The van der Waals surface area contributed by atoms with Gasteiger partial charge in [0.15, 0.2) is 0 Å². The molecule has 1 saturated heterocycles. The standard InChI is InChI=1S/C10H22N2O/c1-8(11)4-5-12-6-9(2)13-10(3)7-12/h8-10H,4-7,11H2,1-3H3/t8-,9-,10+/m0/s1. The van der Waals surface area contributed by atoms with E-state index in [9.17, 15) is 0 Å². The number of nitrogens with two attached hydrogens (primary N) is 1. The SMILES string of the molecule is C[C@H](N)CCN1C[C@@H](C)O[C@@H](C)C1. The Kier molecular flexibility index (Phi) is 4.16. The molecule has 78 valence electrons. The van der Waals surface area contributed by atoms with Crippen LogP contribution in [-0.4, -0.2) is 42.8 Å². The van der Waals surface area contributed by atoms with Crippen LogP contribution in [0.2, 0.25) is 0 Å². The molecule has 2 N–H and O–H groups in total. The molecule has 3 nitrogen and oxygen atoms in total. The summed E-state index contributed by atoms with van der Waals surface area (Å²) in [6.45, 7) is 9.54. The van der Waals surface area contributed by atoms with Crippen molar-refractivity contribution in [1.29, 1.82) is 0 Å². The van der Waals surface area contributed by atoms with E-state index in [0.717, 1.165) is 26.1 Å². The molecule has 0 aromatic carbocycles. The number of rotatable bonds is 3. The summed E-state index contributed by atoms with van der Waals surface area (Å²) in [5.41, 5.74) is 5.72. The van der Waals surface area contributed by atoms with Crippen molar-refractivity contribution in [3.05, 3.63) is 0 Å². The minimum Gasteiger partial charge on any atom is -0.373 e. The number of ether oxygens (including phenoxy) is 1. The fourth-order valence-corrected chi connectivity index (χ4v) is 1.85. The molecule has 1 aliphatic rings. The molecule has 13 heavy (non-hydrogen) atoms. The Balaban J connectivity index is 2.25. The molecule has 0 saturated carbocycles. The number of hydrogen-bond acceptors (Lipinski definition) is 3. The van der Waals surface area contributed by atoms with Crippen molar-refractivity contribution in [3.63, 3.8) is 0 Å². The Morgan fingerprint density at radius 1 is 1.38 bits per heavy atom. The van der Waals surface area contributed by atoms with Gasteiger partial charge in [-0.2, -0.15) is 0 Å². The Bertz CT molecular complexity index is 140. The minimum absolute atomic E-state index is 0.313. The van der Waals surface area contributed by atoms with Gasteiger partial charge in [-0.15, -0.1) is 0 Å². The molecule has 3 heteroatoms. The zero-order valence-electron chi connectivity index (χ0n) is 8.99. The largest absolute Gasteiger partial charge is 0.373 e. The fraction of sp³-hybridized carbons (Fsp3) is 1.00. The van der Waals surface area contributed by atoms with Crippen LogP contribution in [0.15, 0.2) is 0 Å². The lowest BCUT2D eigenvalue weighted by Gasteiger charge is -2.35. The van der Waals surface area contributed by atoms with Gasteiger partial charge in [0.25, 0.3) is 0 Å². The van der Waals surface area contributed by atoms with Crippen molar-refractivity contribution >= 4 is 0 Å². The first-order chi connectivity index (χ1) is 6.08. The van der Waals surface area contributed by atoms with Crippen LogP contribution in [0.3, 0.4) is 0 Å². The van der Waals surface area contributed by atoms with Gasteiger partial charge in [-0.25, -0.2) is 0 Å². The van der Waals surface area contributed by atoms with Gasteiger partial charge in [0.2, 0.25) is 0 Å².